The molecular weight excluding hydrogens is 297 g/mol. The lowest BCUT2D eigenvalue weighted by Crippen LogP contribution is -2.17. The molecule has 0 aliphatic heterocycles. The first-order valence-electron chi connectivity index (χ1n) is 5.90. The van der Waals surface area contributed by atoms with Crippen molar-refractivity contribution >= 4 is 21.7 Å². The predicted molar refractivity (Wildman–Crippen MR) is 75.0 cm³/mol. The quantitative estimate of drug-likeness (QED) is 0.880. The third-order valence-corrected chi connectivity index (χ3v) is 4.10. The Labute approximate surface area is 121 Å². The second-order valence-electron chi connectivity index (χ2n) is 4.10. The lowest BCUT2D eigenvalue weighted by molar-refractivity contribution is 0.0596. The Bertz CT molecular complexity index is 774. The third kappa shape index (κ3) is 3.38. The first-order chi connectivity index (χ1) is 9.94. The molecule has 0 saturated carbocycles. The molecule has 2 rings (SSSR count). The number of carbonyl (C=O) groups is 1. The SMILES string of the molecule is COC(=O)c1ccccc1S(=O)(=O)Nc1cccc(F)c1. The fraction of sp³-hybridized carbons (Fsp3) is 0.0714. The van der Waals surface area contributed by atoms with Gasteiger partial charge < -0.3 is 4.74 Å². The summed E-state index contributed by atoms with van der Waals surface area (Å²) in [6, 6.07) is 10.6. The van der Waals surface area contributed by atoms with Crippen LogP contribution in [0.1, 0.15) is 10.4 Å². The Kier molecular flexibility index (Phi) is 4.23. The van der Waals surface area contributed by atoms with E-state index >= 15 is 0 Å². The number of hydrogen-bond donors (Lipinski definition) is 1. The summed E-state index contributed by atoms with van der Waals surface area (Å²) < 4.78 is 44.5. The van der Waals surface area contributed by atoms with Crippen molar-refractivity contribution in [1.82, 2.24) is 0 Å². The predicted octanol–water partition coefficient (Wildman–Crippen LogP) is 2.41. The van der Waals surface area contributed by atoms with E-state index in [2.05, 4.69) is 9.46 Å². The van der Waals surface area contributed by atoms with Gasteiger partial charge in [-0.15, -0.1) is 0 Å². The molecule has 0 radical (unpaired) electrons. The van der Waals surface area contributed by atoms with Gasteiger partial charge in [-0.05, 0) is 30.3 Å². The molecule has 7 heteroatoms. The molecule has 0 aliphatic rings. The largest absolute Gasteiger partial charge is 0.465 e. The van der Waals surface area contributed by atoms with Crippen LogP contribution in [-0.4, -0.2) is 21.5 Å². The Morgan fingerprint density at radius 2 is 1.86 bits per heavy atom. The van der Waals surface area contributed by atoms with E-state index in [9.17, 15) is 17.6 Å². The maximum Gasteiger partial charge on any atom is 0.339 e. The monoisotopic (exact) mass is 309 g/mol. The zero-order chi connectivity index (χ0) is 15.5. The number of rotatable bonds is 4. The molecule has 0 bridgehead atoms. The molecular formula is C14H12FNO4S. The van der Waals surface area contributed by atoms with Crippen LogP contribution in [0.2, 0.25) is 0 Å². The van der Waals surface area contributed by atoms with Gasteiger partial charge in [0, 0.05) is 0 Å². The van der Waals surface area contributed by atoms with Gasteiger partial charge in [-0.3, -0.25) is 4.72 Å². The number of halogens is 1. The van der Waals surface area contributed by atoms with Crippen LogP contribution in [0.3, 0.4) is 0 Å². The van der Waals surface area contributed by atoms with Crippen LogP contribution in [0.15, 0.2) is 53.4 Å². The van der Waals surface area contributed by atoms with Crippen molar-refractivity contribution in [2.75, 3.05) is 11.8 Å². The summed E-state index contributed by atoms with van der Waals surface area (Å²) in [5.41, 5.74) is -0.0291. The molecule has 0 fully saturated rings. The Morgan fingerprint density at radius 1 is 1.14 bits per heavy atom. The van der Waals surface area contributed by atoms with Gasteiger partial charge in [-0.1, -0.05) is 18.2 Å². The van der Waals surface area contributed by atoms with E-state index in [1.165, 1.54) is 42.5 Å². The molecule has 0 heterocycles. The molecule has 0 amide bonds. The number of benzene rings is 2. The molecule has 2 aromatic carbocycles. The van der Waals surface area contributed by atoms with Gasteiger partial charge in [0.1, 0.15) is 10.7 Å². The molecule has 0 aliphatic carbocycles. The highest BCUT2D eigenvalue weighted by molar-refractivity contribution is 7.92. The molecule has 0 atom stereocenters. The molecule has 110 valence electrons. The van der Waals surface area contributed by atoms with Crippen LogP contribution in [0.25, 0.3) is 0 Å². The van der Waals surface area contributed by atoms with Gasteiger partial charge in [0.15, 0.2) is 0 Å². The molecule has 2 aromatic rings. The number of methoxy groups -OCH3 is 1. The van der Waals surface area contributed by atoms with Crippen molar-refractivity contribution < 1.29 is 22.3 Å². The minimum Gasteiger partial charge on any atom is -0.465 e. The lowest BCUT2D eigenvalue weighted by Gasteiger charge is -2.11. The number of nitrogens with one attached hydrogen (secondary N) is 1. The summed E-state index contributed by atoms with van der Waals surface area (Å²) in [6.07, 6.45) is 0. The second-order valence-corrected chi connectivity index (χ2v) is 5.75. The fourth-order valence-electron chi connectivity index (χ4n) is 1.74. The minimum atomic E-state index is -4.03. The minimum absolute atomic E-state index is 0.0645. The standard InChI is InChI=1S/C14H12FNO4S/c1-20-14(17)12-7-2-3-8-13(12)21(18,19)16-11-6-4-5-10(15)9-11/h2-9,16H,1H3. The van der Waals surface area contributed by atoms with Crippen LogP contribution >= 0.6 is 0 Å². The van der Waals surface area contributed by atoms with Gasteiger partial charge in [0.2, 0.25) is 0 Å². The number of hydrogen-bond acceptors (Lipinski definition) is 4. The van der Waals surface area contributed by atoms with E-state index in [1.807, 2.05) is 0 Å². The molecule has 0 saturated heterocycles. The smallest absolute Gasteiger partial charge is 0.339 e. The maximum atomic E-state index is 13.1. The van der Waals surface area contributed by atoms with E-state index in [-0.39, 0.29) is 16.1 Å². The molecule has 1 N–H and O–H groups in total. The molecule has 5 nitrogen and oxygen atoms in total. The van der Waals surface area contributed by atoms with E-state index in [1.54, 1.807) is 0 Å². The van der Waals surface area contributed by atoms with Gasteiger partial charge in [0.05, 0.1) is 18.4 Å². The first kappa shape index (κ1) is 15.0. The Morgan fingerprint density at radius 3 is 2.52 bits per heavy atom. The number of anilines is 1. The third-order valence-electron chi connectivity index (χ3n) is 2.66. The maximum absolute atomic E-state index is 13.1. The van der Waals surface area contributed by atoms with Gasteiger partial charge in [-0.25, -0.2) is 17.6 Å². The highest BCUT2D eigenvalue weighted by Gasteiger charge is 2.22. The average Bonchev–Trinajstić information content (AvgIpc) is 2.46. The number of carbonyl (C=O) groups excluding carboxylic acids is 1. The number of sulfonamides is 1. The molecule has 0 aromatic heterocycles. The van der Waals surface area contributed by atoms with Gasteiger partial charge in [0.25, 0.3) is 10.0 Å². The summed E-state index contributed by atoms with van der Waals surface area (Å²) in [5, 5.41) is 0. The Hall–Kier alpha value is -2.41. The summed E-state index contributed by atoms with van der Waals surface area (Å²) >= 11 is 0. The second kappa shape index (κ2) is 5.92. The summed E-state index contributed by atoms with van der Waals surface area (Å²) in [6.45, 7) is 0. The fourth-order valence-corrected chi connectivity index (χ4v) is 2.99. The summed E-state index contributed by atoms with van der Waals surface area (Å²) in [4.78, 5) is 11.4. The first-order valence-corrected chi connectivity index (χ1v) is 7.38. The Balaban J connectivity index is 2.43. The highest BCUT2D eigenvalue weighted by Crippen LogP contribution is 2.20. The normalized spacial score (nSPS) is 11.0. The van der Waals surface area contributed by atoms with E-state index in [0.29, 0.717) is 0 Å². The van der Waals surface area contributed by atoms with Crippen LogP contribution in [0.5, 0.6) is 0 Å². The van der Waals surface area contributed by atoms with Crippen LogP contribution in [0, 0.1) is 5.82 Å². The van der Waals surface area contributed by atoms with Crippen LogP contribution in [-0.2, 0) is 14.8 Å². The number of ether oxygens (including phenoxy) is 1. The topological polar surface area (TPSA) is 72.5 Å². The summed E-state index contributed by atoms with van der Waals surface area (Å²) in [7, 11) is -2.87. The van der Waals surface area contributed by atoms with Crippen molar-refractivity contribution in [3.05, 3.63) is 59.9 Å². The van der Waals surface area contributed by atoms with Crippen molar-refractivity contribution in [2.45, 2.75) is 4.90 Å². The highest BCUT2D eigenvalue weighted by atomic mass is 32.2. The van der Waals surface area contributed by atoms with E-state index < -0.39 is 21.8 Å². The molecule has 21 heavy (non-hydrogen) atoms. The van der Waals surface area contributed by atoms with Crippen molar-refractivity contribution in [2.24, 2.45) is 0 Å². The zero-order valence-electron chi connectivity index (χ0n) is 11.0. The van der Waals surface area contributed by atoms with Crippen molar-refractivity contribution in [3.63, 3.8) is 0 Å². The van der Waals surface area contributed by atoms with Crippen molar-refractivity contribution in [1.29, 1.82) is 0 Å². The average molecular weight is 309 g/mol. The van der Waals surface area contributed by atoms with Gasteiger partial charge in [-0.2, -0.15) is 0 Å². The van der Waals surface area contributed by atoms with Crippen LogP contribution < -0.4 is 4.72 Å². The zero-order valence-corrected chi connectivity index (χ0v) is 11.9. The lowest BCUT2D eigenvalue weighted by atomic mass is 10.2. The summed E-state index contributed by atoms with van der Waals surface area (Å²) in [5.74, 6) is -1.34. The molecule has 0 unspecified atom stereocenters. The number of esters is 1. The van der Waals surface area contributed by atoms with Crippen molar-refractivity contribution in [3.8, 4) is 0 Å². The van der Waals surface area contributed by atoms with E-state index in [0.717, 1.165) is 13.2 Å². The van der Waals surface area contributed by atoms with Gasteiger partial charge >= 0.3 is 5.97 Å². The van der Waals surface area contributed by atoms with E-state index in [4.69, 9.17) is 0 Å². The van der Waals surface area contributed by atoms with Crippen LogP contribution in [0.4, 0.5) is 10.1 Å². The molecule has 0 spiro atoms.